The van der Waals surface area contributed by atoms with E-state index in [0.717, 1.165) is 10.8 Å². The Morgan fingerprint density at radius 2 is 2.10 bits per heavy atom. The molecule has 2 heterocycles. The monoisotopic (exact) mass is 307 g/mol. The van der Waals surface area contributed by atoms with Crippen LogP contribution in [0.15, 0.2) is 18.6 Å². The van der Waals surface area contributed by atoms with E-state index in [1.807, 2.05) is 0 Å². The predicted molar refractivity (Wildman–Crippen MR) is 60.1 cm³/mol. The molecule has 0 radical (unpaired) electrons. The van der Waals surface area contributed by atoms with E-state index in [0.29, 0.717) is 23.7 Å². The third-order valence-electron chi connectivity index (χ3n) is 2.24. The summed E-state index contributed by atoms with van der Waals surface area (Å²) in [7, 11) is 0. The fourth-order valence-electron chi connectivity index (χ4n) is 1.42. The van der Waals surface area contributed by atoms with Gasteiger partial charge in [-0.15, -0.1) is 0 Å². The van der Waals surface area contributed by atoms with Crippen molar-refractivity contribution < 1.29 is 28.0 Å². The van der Waals surface area contributed by atoms with Crippen LogP contribution in [-0.2, 0) is 6.18 Å². The summed E-state index contributed by atoms with van der Waals surface area (Å²) in [6, 6.07) is 0. The Bertz CT molecular complexity index is 691. The van der Waals surface area contributed by atoms with Crippen molar-refractivity contribution in [3.05, 3.63) is 39.8 Å². The molecule has 0 aliphatic rings. The first-order chi connectivity index (χ1) is 9.20. The molecule has 0 spiro atoms. The quantitative estimate of drug-likeness (QED) is 0.694. The first-order valence-corrected chi connectivity index (χ1v) is 5.65. The van der Waals surface area contributed by atoms with Crippen LogP contribution in [0.2, 0.25) is 0 Å². The summed E-state index contributed by atoms with van der Waals surface area (Å²) in [6.07, 6.45) is -2.71. The van der Waals surface area contributed by atoms with Gasteiger partial charge >= 0.3 is 17.1 Å². The third-order valence-corrected chi connectivity index (χ3v) is 3.21. The van der Waals surface area contributed by atoms with E-state index in [2.05, 4.69) is 4.98 Å². The van der Waals surface area contributed by atoms with Crippen LogP contribution in [0.3, 0.4) is 0 Å². The average molecular weight is 307 g/mol. The van der Waals surface area contributed by atoms with Gasteiger partial charge in [-0.3, -0.25) is 14.7 Å². The maximum Gasteiger partial charge on any atom is 0.418 e. The number of alkyl halides is 3. The molecule has 2 aromatic rings. The second kappa shape index (κ2) is 4.59. The van der Waals surface area contributed by atoms with Gasteiger partial charge in [-0.25, -0.2) is 9.78 Å². The minimum Gasteiger partial charge on any atom is -0.478 e. The van der Waals surface area contributed by atoms with Crippen molar-refractivity contribution in [2.45, 2.75) is 6.18 Å². The molecule has 11 heteroatoms. The van der Waals surface area contributed by atoms with Crippen LogP contribution in [-0.4, -0.2) is 25.6 Å². The Morgan fingerprint density at radius 1 is 1.45 bits per heavy atom. The predicted octanol–water partition coefficient (Wildman–Crippen LogP) is 2.56. The number of carboxylic acids is 1. The van der Waals surface area contributed by atoms with Gasteiger partial charge in [0.15, 0.2) is 5.13 Å². The van der Waals surface area contributed by atoms with Crippen LogP contribution in [0.25, 0.3) is 5.13 Å². The molecule has 7 nitrogen and oxygen atoms in total. The zero-order valence-electron chi connectivity index (χ0n) is 9.29. The first-order valence-electron chi connectivity index (χ1n) is 4.83. The highest BCUT2D eigenvalue weighted by molar-refractivity contribution is 7.17. The highest BCUT2D eigenvalue weighted by Crippen LogP contribution is 2.34. The lowest BCUT2D eigenvalue weighted by Crippen LogP contribution is -2.09. The van der Waals surface area contributed by atoms with Gasteiger partial charge in [0.05, 0.1) is 16.1 Å². The zero-order chi connectivity index (χ0) is 15.1. The molecule has 0 aromatic carbocycles. The molecule has 106 valence electrons. The molecule has 0 saturated heterocycles. The average Bonchev–Trinajstić information content (AvgIpc) is 2.94. The van der Waals surface area contributed by atoms with E-state index in [4.69, 9.17) is 5.11 Å². The van der Waals surface area contributed by atoms with Gasteiger partial charge in [0.2, 0.25) is 0 Å². The van der Waals surface area contributed by atoms with E-state index in [9.17, 15) is 28.1 Å². The van der Waals surface area contributed by atoms with Crippen molar-refractivity contribution in [3.8, 4) is 5.13 Å². The van der Waals surface area contributed by atoms with Crippen LogP contribution in [0.5, 0.6) is 0 Å². The minimum absolute atomic E-state index is 0.130. The standard InChI is InChI=1S/C9H4F3N3O4S/c10-9(11,12)5-3-14(2-4(5)7(16)17)8-13-1-6(20-8)15(18)19/h1-3H,(H,16,17). The highest BCUT2D eigenvalue weighted by Gasteiger charge is 2.37. The second-order valence-corrected chi connectivity index (χ2v) is 4.52. The van der Waals surface area contributed by atoms with Crippen LogP contribution in [0.1, 0.15) is 15.9 Å². The Hall–Kier alpha value is -2.43. The van der Waals surface area contributed by atoms with Gasteiger partial charge in [-0.05, 0) is 11.3 Å². The maximum atomic E-state index is 12.7. The summed E-state index contributed by atoms with van der Waals surface area (Å²) in [5, 5.41) is 18.7. The number of aromatic carboxylic acids is 1. The van der Waals surface area contributed by atoms with Crippen molar-refractivity contribution in [1.29, 1.82) is 0 Å². The highest BCUT2D eigenvalue weighted by atomic mass is 32.1. The number of hydrogen-bond donors (Lipinski definition) is 1. The molecule has 2 aromatic heterocycles. The van der Waals surface area contributed by atoms with Crippen molar-refractivity contribution >= 4 is 22.3 Å². The molecule has 0 fully saturated rings. The summed E-state index contributed by atoms with van der Waals surface area (Å²) in [5.74, 6) is -1.75. The smallest absolute Gasteiger partial charge is 0.418 e. The number of carbonyl (C=O) groups is 1. The Balaban J connectivity index is 2.53. The summed E-state index contributed by atoms with van der Waals surface area (Å²) >= 11 is 0.531. The summed E-state index contributed by atoms with van der Waals surface area (Å²) in [6.45, 7) is 0. The number of hydrogen-bond acceptors (Lipinski definition) is 5. The fourth-order valence-corrected chi connectivity index (χ4v) is 2.10. The van der Waals surface area contributed by atoms with E-state index < -0.39 is 28.2 Å². The number of nitro groups is 1. The number of aromatic nitrogens is 2. The molecule has 0 atom stereocenters. The number of rotatable bonds is 3. The maximum absolute atomic E-state index is 12.7. The Labute approximate surface area is 112 Å². The van der Waals surface area contributed by atoms with Crippen LogP contribution in [0.4, 0.5) is 18.2 Å². The van der Waals surface area contributed by atoms with Crippen LogP contribution in [0, 0.1) is 10.1 Å². The molecule has 0 bridgehead atoms. The topological polar surface area (TPSA) is 98.3 Å². The van der Waals surface area contributed by atoms with Crippen molar-refractivity contribution in [2.24, 2.45) is 0 Å². The normalized spacial score (nSPS) is 11.6. The van der Waals surface area contributed by atoms with Gasteiger partial charge in [0.1, 0.15) is 6.20 Å². The summed E-state index contributed by atoms with van der Waals surface area (Å²) in [4.78, 5) is 24.1. The Morgan fingerprint density at radius 3 is 2.50 bits per heavy atom. The van der Waals surface area contributed by atoms with Gasteiger partial charge < -0.3 is 5.11 Å². The van der Waals surface area contributed by atoms with Gasteiger partial charge in [0, 0.05) is 12.4 Å². The molecular formula is C9H4F3N3O4S. The lowest BCUT2D eigenvalue weighted by molar-refractivity contribution is -0.380. The summed E-state index contributed by atoms with van der Waals surface area (Å²) in [5.41, 5.74) is -2.29. The fraction of sp³-hybridized carbons (Fsp3) is 0.111. The van der Waals surface area contributed by atoms with Crippen molar-refractivity contribution in [1.82, 2.24) is 9.55 Å². The SMILES string of the molecule is O=C(O)c1cn(-c2ncc([N+](=O)[O-])s2)cc1C(F)(F)F. The Kier molecular flexibility index (Phi) is 3.21. The van der Waals surface area contributed by atoms with Crippen molar-refractivity contribution in [2.75, 3.05) is 0 Å². The largest absolute Gasteiger partial charge is 0.478 e. The molecule has 0 aliphatic carbocycles. The molecule has 20 heavy (non-hydrogen) atoms. The van der Waals surface area contributed by atoms with E-state index >= 15 is 0 Å². The van der Waals surface area contributed by atoms with E-state index in [-0.39, 0.29) is 10.1 Å². The number of thiazole rings is 1. The molecule has 2 rings (SSSR count). The third kappa shape index (κ3) is 2.47. The van der Waals surface area contributed by atoms with Crippen LogP contribution >= 0.6 is 11.3 Å². The van der Waals surface area contributed by atoms with E-state index in [1.54, 1.807) is 0 Å². The van der Waals surface area contributed by atoms with Gasteiger partial charge in [-0.2, -0.15) is 13.2 Å². The minimum atomic E-state index is -4.85. The lowest BCUT2D eigenvalue weighted by Gasteiger charge is -2.03. The molecule has 0 unspecified atom stereocenters. The van der Waals surface area contributed by atoms with Crippen molar-refractivity contribution in [3.63, 3.8) is 0 Å². The molecule has 0 amide bonds. The number of nitrogens with zero attached hydrogens (tertiary/aromatic N) is 3. The van der Waals surface area contributed by atoms with Crippen LogP contribution < -0.4 is 0 Å². The van der Waals surface area contributed by atoms with Gasteiger partial charge in [0.25, 0.3) is 0 Å². The number of carboxylic acid groups (broad SMARTS) is 1. The molecule has 0 saturated carbocycles. The lowest BCUT2D eigenvalue weighted by atomic mass is 10.2. The molecule has 0 aliphatic heterocycles. The van der Waals surface area contributed by atoms with Gasteiger partial charge in [-0.1, -0.05) is 0 Å². The molecule has 1 N–H and O–H groups in total. The first kappa shape index (κ1) is 14.0. The van der Waals surface area contributed by atoms with E-state index in [1.165, 1.54) is 0 Å². The molecular weight excluding hydrogens is 303 g/mol. The zero-order valence-corrected chi connectivity index (χ0v) is 10.1. The number of halogens is 3. The summed E-state index contributed by atoms with van der Waals surface area (Å²) < 4.78 is 38.8. The second-order valence-electron chi connectivity index (χ2n) is 3.53.